The van der Waals surface area contributed by atoms with Crippen LogP contribution < -0.4 is 38.1 Å². The first-order valence-electron chi connectivity index (χ1n) is 28.0. The summed E-state index contributed by atoms with van der Waals surface area (Å²) in [5, 5.41) is 24.8. The molecule has 1 aliphatic rings. The molecular formula is C58H94N10O12. The van der Waals surface area contributed by atoms with Gasteiger partial charge in [-0.3, -0.25) is 33.7 Å². The topological polar surface area (TPSA) is 306 Å². The van der Waals surface area contributed by atoms with E-state index in [2.05, 4.69) is 26.6 Å². The molecule has 1 saturated heterocycles. The molecule has 0 radical (unpaired) electrons. The van der Waals surface area contributed by atoms with Gasteiger partial charge in [0.05, 0.1) is 54.8 Å². The third-order valence-corrected chi connectivity index (χ3v) is 15.3. The zero-order valence-corrected chi connectivity index (χ0v) is 49.7. The average molecular weight is 1120 g/mol. The maximum atomic E-state index is 14.7. The highest BCUT2D eigenvalue weighted by molar-refractivity contribution is 5.98. The van der Waals surface area contributed by atoms with Crippen LogP contribution in [0.2, 0.25) is 0 Å². The first kappa shape index (κ1) is 67.9. The minimum atomic E-state index is -1.05. The molecule has 2 aromatic rings. The maximum Gasteiger partial charge on any atom is 0.410 e. The molecule has 1 heterocycles. The molecule has 1 aliphatic heterocycles. The summed E-state index contributed by atoms with van der Waals surface area (Å²) in [6.45, 7) is 18.7. The zero-order chi connectivity index (χ0) is 60.1. The predicted octanol–water partition coefficient (Wildman–Crippen LogP) is 4.43. The second-order valence-corrected chi connectivity index (χ2v) is 22.3. The third-order valence-electron chi connectivity index (χ3n) is 15.3. The van der Waals surface area contributed by atoms with E-state index in [1.165, 1.54) is 26.2 Å². The molecule has 2 aromatic carbocycles. The van der Waals surface area contributed by atoms with Crippen LogP contribution in [-0.4, -0.2) is 163 Å². The molecule has 10 N–H and O–H groups in total. The van der Waals surface area contributed by atoms with Crippen LogP contribution in [0.1, 0.15) is 125 Å². The summed E-state index contributed by atoms with van der Waals surface area (Å²) >= 11 is 0. The lowest BCUT2D eigenvalue weighted by molar-refractivity contribution is -0.148. The van der Waals surface area contributed by atoms with E-state index in [1.807, 2.05) is 45.9 Å². The van der Waals surface area contributed by atoms with Gasteiger partial charge in [-0.1, -0.05) is 111 Å². The highest BCUT2D eigenvalue weighted by Gasteiger charge is 2.44. The lowest BCUT2D eigenvalue weighted by atomic mass is 9.89. The fourth-order valence-corrected chi connectivity index (χ4v) is 10.2. The van der Waals surface area contributed by atoms with E-state index < -0.39 is 114 Å². The normalized spacial score (nSPS) is 17.6. The van der Waals surface area contributed by atoms with E-state index in [9.17, 15) is 43.5 Å². The van der Waals surface area contributed by atoms with Crippen molar-refractivity contribution in [1.82, 2.24) is 36.0 Å². The van der Waals surface area contributed by atoms with Gasteiger partial charge in [0.1, 0.15) is 24.7 Å². The highest BCUT2D eigenvalue weighted by atomic mass is 16.6. The van der Waals surface area contributed by atoms with Crippen molar-refractivity contribution in [2.24, 2.45) is 41.1 Å². The summed E-state index contributed by atoms with van der Waals surface area (Å²) in [5.41, 5.74) is 12.8. The molecule has 0 aromatic heterocycles. The third kappa shape index (κ3) is 19.4. The Bertz CT molecular complexity index is 2320. The van der Waals surface area contributed by atoms with Gasteiger partial charge in [-0.15, -0.1) is 0 Å². The number of nitrogens with zero attached hydrogens (tertiary/aromatic N) is 3. The second kappa shape index (κ2) is 32.8. The summed E-state index contributed by atoms with van der Waals surface area (Å²) in [7, 11) is 6.12. The number of benzene rings is 2. The Morgan fingerprint density at radius 3 is 1.96 bits per heavy atom. The molecule has 0 spiro atoms. The van der Waals surface area contributed by atoms with E-state index in [0.717, 1.165) is 0 Å². The van der Waals surface area contributed by atoms with E-state index in [0.29, 0.717) is 49.0 Å². The van der Waals surface area contributed by atoms with Gasteiger partial charge >= 0.3 is 12.1 Å². The van der Waals surface area contributed by atoms with Gasteiger partial charge in [0, 0.05) is 47.1 Å². The maximum absolute atomic E-state index is 14.7. The van der Waals surface area contributed by atoms with Crippen molar-refractivity contribution in [3.05, 3.63) is 65.7 Å². The molecule has 0 aliphatic carbocycles. The molecule has 9 amide bonds. The Morgan fingerprint density at radius 1 is 0.775 bits per heavy atom. The Morgan fingerprint density at radius 2 is 1.41 bits per heavy atom. The van der Waals surface area contributed by atoms with Gasteiger partial charge in [-0.25, -0.2) is 9.59 Å². The summed E-state index contributed by atoms with van der Waals surface area (Å²) in [6, 6.07) is 9.37. The quantitative estimate of drug-likeness (QED) is 0.0485. The largest absolute Gasteiger partial charge is 0.445 e. The number of aliphatic hydroxyl groups excluding tert-OH is 1. The Hall–Kier alpha value is -6.36. The number of likely N-dealkylation sites (tertiary alicyclic amines) is 1. The fourth-order valence-electron chi connectivity index (χ4n) is 10.2. The molecule has 1 fully saturated rings. The van der Waals surface area contributed by atoms with Crippen LogP contribution in [0.15, 0.2) is 54.6 Å². The molecule has 80 heavy (non-hydrogen) atoms. The lowest BCUT2D eigenvalue weighted by Crippen LogP contribution is -2.60. The second-order valence-electron chi connectivity index (χ2n) is 22.3. The number of likely N-dealkylation sites (N-methyl/N-ethyl adjacent to an activating group) is 2. The van der Waals surface area contributed by atoms with E-state index >= 15 is 0 Å². The molecular weight excluding hydrogens is 1030 g/mol. The SMILES string of the molecule is CC[C@H](C)[C@@H]([C@@H](CC(=O)N1CCC[C@H]1[C@H](OC)[C@@H](C)C(=O)N[C@H](C)[C@@H](O)c1ccccc1)OC)N(C)C(=O)[C@@H](NC(=O)[C@@H](C(C)C)N(C)C(=O)OCc1ccc(NC(=O)[C@H](CCCNC(N)=O)NC(=O)[C@H](N)C(C)C)cc1)C(C)C. The fraction of sp³-hybridized carbons (Fsp3) is 0.655. The number of nitrogens with one attached hydrogen (secondary N) is 5. The Kier molecular flexibility index (Phi) is 27.8. The molecule has 12 atom stereocenters. The molecule has 3 rings (SSSR count). The Labute approximate surface area is 473 Å². The number of aliphatic hydroxyl groups is 1. The molecule has 448 valence electrons. The lowest BCUT2D eigenvalue weighted by Gasteiger charge is -2.41. The van der Waals surface area contributed by atoms with E-state index in [-0.39, 0.29) is 49.6 Å². The standard InChI is InChI=1S/C58H94N10O12/c1-15-36(8)49(44(78-13)31-45(69)68-30-20-24-43(68)51(79-14)37(9)52(71)62-38(10)50(70)40-21-17-16-18-22-40)66(11)56(75)47(34(4)5)65-55(74)48(35(6)7)67(12)58(77)80-32-39-25-27-41(28-26-39)63-53(72)42(23-19-29-61-57(60)76)64-54(73)46(59)33(2)3/h16-18,21-22,25-28,33-38,42-44,46-51,70H,15,19-20,23-24,29-32,59H2,1-14H3,(H,62,71)(H,63,72)(H,64,73)(H,65,74)(H3,60,61,76)/t36-,37+,38+,42-,43-,44+,46+,47-,48+,49-,50+,51+/m0/s1. The van der Waals surface area contributed by atoms with E-state index in [1.54, 1.807) is 94.8 Å². The number of hydrogen-bond donors (Lipinski definition) is 8. The van der Waals surface area contributed by atoms with Gasteiger partial charge in [0.25, 0.3) is 0 Å². The number of methoxy groups -OCH3 is 2. The van der Waals surface area contributed by atoms with E-state index in [4.69, 9.17) is 25.7 Å². The van der Waals surface area contributed by atoms with Crippen molar-refractivity contribution >= 4 is 53.3 Å². The van der Waals surface area contributed by atoms with Crippen LogP contribution in [0.25, 0.3) is 0 Å². The van der Waals surface area contributed by atoms with Gasteiger partial charge in [0.2, 0.25) is 35.4 Å². The molecule has 0 unspecified atom stereocenters. The molecule has 22 heteroatoms. The molecule has 0 bridgehead atoms. The van der Waals surface area contributed by atoms with Crippen molar-refractivity contribution in [2.75, 3.05) is 46.7 Å². The first-order valence-corrected chi connectivity index (χ1v) is 28.0. The monoisotopic (exact) mass is 1120 g/mol. The minimum Gasteiger partial charge on any atom is -0.445 e. The number of urea groups is 1. The van der Waals surface area contributed by atoms with Crippen molar-refractivity contribution in [3.8, 4) is 0 Å². The number of nitrogens with two attached hydrogens (primary N) is 2. The summed E-state index contributed by atoms with van der Waals surface area (Å²) in [4.78, 5) is 112. The first-order chi connectivity index (χ1) is 37.7. The van der Waals surface area contributed by atoms with Crippen LogP contribution in [-0.2, 0) is 49.6 Å². The van der Waals surface area contributed by atoms with Crippen LogP contribution >= 0.6 is 0 Å². The van der Waals surface area contributed by atoms with Crippen LogP contribution in [0.5, 0.6) is 0 Å². The van der Waals surface area contributed by atoms with Gasteiger partial charge in [-0.2, -0.15) is 0 Å². The van der Waals surface area contributed by atoms with Crippen molar-refractivity contribution < 1.29 is 57.7 Å². The number of hydrogen-bond acceptors (Lipinski definition) is 13. The van der Waals surface area contributed by atoms with Crippen molar-refractivity contribution in [3.63, 3.8) is 0 Å². The summed E-state index contributed by atoms with van der Waals surface area (Å²) in [5.74, 6) is -4.32. The number of carbonyl (C=O) groups is 8. The highest BCUT2D eigenvalue weighted by Crippen LogP contribution is 2.30. The average Bonchev–Trinajstić information content (AvgIpc) is 3.91. The van der Waals surface area contributed by atoms with Gasteiger partial charge < -0.3 is 67.2 Å². The summed E-state index contributed by atoms with van der Waals surface area (Å²) < 4.78 is 17.7. The van der Waals surface area contributed by atoms with Gasteiger partial charge in [0.15, 0.2) is 0 Å². The number of amides is 9. The molecule has 0 saturated carbocycles. The van der Waals surface area contributed by atoms with Gasteiger partial charge in [-0.05, 0) is 79.5 Å². The summed E-state index contributed by atoms with van der Waals surface area (Å²) in [6.07, 6.45) is -0.736. The van der Waals surface area contributed by atoms with Crippen molar-refractivity contribution in [2.45, 2.75) is 175 Å². The number of carbonyl (C=O) groups excluding carboxylic acids is 8. The predicted molar refractivity (Wildman–Crippen MR) is 305 cm³/mol. The number of rotatable bonds is 31. The smallest absolute Gasteiger partial charge is 0.410 e. The Balaban J connectivity index is 1.70. The number of anilines is 1. The zero-order valence-electron chi connectivity index (χ0n) is 49.7. The van der Waals surface area contributed by atoms with Crippen LogP contribution in [0, 0.1) is 29.6 Å². The van der Waals surface area contributed by atoms with Crippen LogP contribution in [0.4, 0.5) is 15.3 Å². The van der Waals surface area contributed by atoms with Crippen LogP contribution in [0.3, 0.4) is 0 Å². The molecule has 22 nitrogen and oxygen atoms in total. The minimum absolute atomic E-state index is 0.0747. The number of ether oxygens (including phenoxy) is 3. The number of primary amides is 1. The van der Waals surface area contributed by atoms with Crippen molar-refractivity contribution in [1.29, 1.82) is 0 Å².